The van der Waals surface area contributed by atoms with Crippen LogP contribution >= 0.6 is 0 Å². The number of pyridine rings is 1. The molecule has 0 fully saturated rings. The molecule has 17 heavy (non-hydrogen) atoms. The van der Waals surface area contributed by atoms with Crippen LogP contribution in [0.4, 0.5) is 5.69 Å². The highest BCUT2D eigenvalue weighted by Crippen LogP contribution is 2.14. The third kappa shape index (κ3) is 4.41. The first-order valence-corrected chi connectivity index (χ1v) is 5.93. The van der Waals surface area contributed by atoms with Gasteiger partial charge in [0.25, 0.3) is 0 Å². The second-order valence-electron chi connectivity index (χ2n) is 4.25. The zero-order valence-corrected chi connectivity index (χ0v) is 10.8. The Bertz CT molecular complexity index is 381. The molecular weight excluding hydrogens is 212 g/mol. The van der Waals surface area contributed by atoms with Crippen molar-refractivity contribution in [1.29, 1.82) is 5.26 Å². The van der Waals surface area contributed by atoms with Crippen molar-refractivity contribution in [2.45, 2.75) is 13.3 Å². The highest BCUT2D eigenvalue weighted by Gasteiger charge is 2.05. The van der Waals surface area contributed by atoms with E-state index >= 15 is 0 Å². The minimum Gasteiger partial charge on any atom is -0.372 e. The summed E-state index contributed by atoms with van der Waals surface area (Å²) in [7, 11) is 4.16. The smallest absolute Gasteiger partial charge is 0.142 e. The third-order valence-corrected chi connectivity index (χ3v) is 2.64. The number of hydrogen-bond donors (Lipinski definition) is 0. The van der Waals surface area contributed by atoms with E-state index < -0.39 is 0 Å². The molecule has 1 heterocycles. The summed E-state index contributed by atoms with van der Waals surface area (Å²) in [6.07, 6.45) is 2.81. The van der Waals surface area contributed by atoms with Crippen LogP contribution in [0.1, 0.15) is 19.0 Å². The number of anilines is 1. The molecule has 0 aliphatic rings. The van der Waals surface area contributed by atoms with Gasteiger partial charge in [-0.25, -0.2) is 4.98 Å². The summed E-state index contributed by atoms with van der Waals surface area (Å²) in [6.45, 7) is 5.15. The van der Waals surface area contributed by atoms with Gasteiger partial charge in [-0.3, -0.25) is 0 Å². The van der Waals surface area contributed by atoms with Crippen molar-refractivity contribution >= 4 is 5.69 Å². The zero-order chi connectivity index (χ0) is 12.7. The molecule has 92 valence electrons. The van der Waals surface area contributed by atoms with Gasteiger partial charge in [-0.05, 0) is 46.1 Å². The Labute approximate surface area is 103 Å². The molecule has 0 aliphatic carbocycles. The van der Waals surface area contributed by atoms with Gasteiger partial charge in [0.15, 0.2) is 0 Å². The van der Waals surface area contributed by atoms with E-state index in [4.69, 9.17) is 5.26 Å². The van der Waals surface area contributed by atoms with Crippen molar-refractivity contribution in [3.63, 3.8) is 0 Å². The molecule has 0 N–H and O–H groups in total. The van der Waals surface area contributed by atoms with E-state index in [1.165, 1.54) is 0 Å². The van der Waals surface area contributed by atoms with Crippen molar-refractivity contribution in [2.24, 2.45) is 0 Å². The maximum atomic E-state index is 8.83. The summed E-state index contributed by atoms with van der Waals surface area (Å²) >= 11 is 0. The van der Waals surface area contributed by atoms with E-state index in [9.17, 15) is 0 Å². The number of aromatic nitrogens is 1. The first-order chi connectivity index (χ1) is 8.17. The van der Waals surface area contributed by atoms with E-state index in [0.29, 0.717) is 5.69 Å². The summed E-state index contributed by atoms with van der Waals surface area (Å²) < 4.78 is 0. The van der Waals surface area contributed by atoms with Gasteiger partial charge in [0, 0.05) is 25.0 Å². The predicted molar refractivity (Wildman–Crippen MR) is 70.0 cm³/mol. The first-order valence-electron chi connectivity index (χ1n) is 5.93. The molecule has 0 atom stereocenters. The zero-order valence-electron chi connectivity index (χ0n) is 10.8. The maximum Gasteiger partial charge on any atom is 0.142 e. The number of hydrogen-bond acceptors (Lipinski definition) is 4. The largest absolute Gasteiger partial charge is 0.372 e. The van der Waals surface area contributed by atoms with Crippen molar-refractivity contribution in [2.75, 3.05) is 38.6 Å². The standard InChI is InChI=1S/C13H20N4/c1-4-17(9-5-8-16(2)3)13-6-7-15-12(10-13)11-14/h6-7,10H,4-5,8-9H2,1-3H3. The molecule has 1 aromatic rings. The summed E-state index contributed by atoms with van der Waals surface area (Å²) in [6, 6.07) is 5.88. The molecule has 0 saturated heterocycles. The molecule has 4 heteroatoms. The van der Waals surface area contributed by atoms with E-state index in [-0.39, 0.29) is 0 Å². The molecule has 0 saturated carbocycles. The Balaban J connectivity index is 2.63. The van der Waals surface area contributed by atoms with E-state index in [0.717, 1.165) is 31.7 Å². The van der Waals surface area contributed by atoms with Gasteiger partial charge in [-0.15, -0.1) is 0 Å². The van der Waals surface area contributed by atoms with Crippen LogP contribution in [0.5, 0.6) is 0 Å². The predicted octanol–water partition coefficient (Wildman–Crippen LogP) is 1.73. The molecule has 0 unspecified atom stereocenters. The fourth-order valence-corrected chi connectivity index (χ4v) is 1.72. The van der Waals surface area contributed by atoms with Crippen LogP contribution in [0.2, 0.25) is 0 Å². The lowest BCUT2D eigenvalue weighted by Gasteiger charge is -2.23. The molecule has 0 amide bonds. The molecule has 1 aromatic heterocycles. The third-order valence-electron chi connectivity index (χ3n) is 2.64. The first kappa shape index (κ1) is 13.5. The second kappa shape index (κ2) is 6.87. The van der Waals surface area contributed by atoms with Crippen LogP contribution in [0.25, 0.3) is 0 Å². The SMILES string of the molecule is CCN(CCCN(C)C)c1ccnc(C#N)c1. The lowest BCUT2D eigenvalue weighted by Crippen LogP contribution is -2.27. The quantitative estimate of drug-likeness (QED) is 0.749. The van der Waals surface area contributed by atoms with Gasteiger partial charge in [0.2, 0.25) is 0 Å². The maximum absolute atomic E-state index is 8.83. The van der Waals surface area contributed by atoms with Gasteiger partial charge >= 0.3 is 0 Å². The van der Waals surface area contributed by atoms with Crippen LogP contribution in [0, 0.1) is 11.3 Å². The average Bonchev–Trinajstić information content (AvgIpc) is 2.34. The van der Waals surface area contributed by atoms with Crippen LogP contribution in [-0.4, -0.2) is 43.6 Å². The topological polar surface area (TPSA) is 43.2 Å². The molecule has 0 aliphatic heterocycles. The highest BCUT2D eigenvalue weighted by molar-refractivity contribution is 5.48. The molecule has 0 radical (unpaired) electrons. The Morgan fingerprint density at radius 1 is 1.35 bits per heavy atom. The van der Waals surface area contributed by atoms with Gasteiger partial charge in [0.1, 0.15) is 11.8 Å². The Morgan fingerprint density at radius 2 is 2.12 bits per heavy atom. The highest BCUT2D eigenvalue weighted by atomic mass is 15.1. The van der Waals surface area contributed by atoms with Crippen molar-refractivity contribution in [3.05, 3.63) is 24.0 Å². The Kier molecular flexibility index (Phi) is 5.44. The second-order valence-corrected chi connectivity index (χ2v) is 4.25. The summed E-state index contributed by atoms with van der Waals surface area (Å²) in [5.74, 6) is 0. The number of rotatable bonds is 6. The molecule has 1 rings (SSSR count). The lowest BCUT2D eigenvalue weighted by atomic mass is 10.2. The van der Waals surface area contributed by atoms with Gasteiger partial charge < -0.3 is 9.80 Å². The minimum absolute atomic E-state index is 0.480. The molecule has 0 bridgehead atoms. The van der Waals surface area contributed by atoms with E-state index in [1.807, 2.05) is 12.1 Å². The minimum atomic E-state index is 0.480. The summed E-state index contributed by atoms with van der Waals surface area (Å²) in [5.41, 5.74) is 1.56. The summed E-state index contributed by atoms with van der Waals surface area (Å²) in [5, 5.41) is 8.83. The number of nitriles is 1. The normalized spacial score (nSPS) is 10.3. The van der Waals surface area contributed by atoms with Crippen LogP contribution < -0.4 is 4.90 Å². The Hall–Kier alpha value is -1.60. The number of nitrogens with zero attached hydrogens (tertiary/aromatic N) is 4. The van der Waals surface area contributed by atoms with E-state index in [1.54, 1.807) is 6.20 Å². The summed E-state index contributed by atoms with van der Waals surface area (Å²) in [4.78, 5) is 8.44. The van der Waals surface area contributed by atoms with Crippen molar-refractivity contribution < 1.29 is 0 Å². The van der Waals surface area contributed by atoms with Crippen molar-refractivity contribution in [1.82, 2.24) is 9.88 Å². The van der Waals surface area contributed by atoms with Crippen molar-refractivity contribution in [3.8, 4) is 6.07 Å². The van der Waals surface area contributed by atoms with E-state index in [2.05, 4.69) is 41.9 Å². The Morgan fingerprint density at radius 3 is 2.71 bits per heavy atom. The average molecular weight is 232 g/mol. The molecule has 4 nitrogen and oxygen atoms in total. The fourth-order valence-electron chi connectivity index (χ4n) is 1.72. The van der Waals surface area contributed by atoms with Crippen LogP contribution in [-0.2, 0) is 0 Å². The van der Waals surface area contributed by atoms with Crippen LogP contribution in [0.3, 0.4) is 0 Å². The fraction of sp³-hybridized carbons (Fsp3) is 0.538. The monoisotopic (exact) mass is 232 g/mol. The molecular formula is C13H20N4. The van der Waals surface area contributed by atoms with Crippen LogP contribution in [0.15, 0.2) is 18.3 Å². The van der Waals surface area contributed by atoms with Gasteiger partial charge in [-0.2, -0.15) is 5.26 Å². The van der Waals surface area contributed by atoms with Gasteiger partial charge in [-0.1, -0.05) is 0 Å². The van der Waals surface area contributed by atoms with Gasteiger partial charge in [0.05, 0.1) is 0 Å². The molecule has 0 aromatic carbocycles. The molecule has 0 spiro atoms. The lowest BCUT2D eigenvalue weighted by molar-refractivity contribution is 0.400.